The van der Waals surface area contributed by atoms with Crippen molar-refractivity contribution < 1.29 is 4.92 Å². The van der Waals surface area contributed by atoms with E-state index >= 15 is 0 Å². The fourth-order valence-corrected chi connectivity index (χ4v) is 2.72. The molecule has 1 saturated heterocycles. The van der Waals surface area contributed by atoms with E-state index in [1.165, 1.54) is 6.33 Å². The number of aromatic nitrogens is 3. The summed E-state index contributed by atoms with van der Waals surface area (Å²) >= 11 is 0. The van der Waals surface area contributed by atoms with Crippen molar-refractivity contribution in [2.75, 3.05) is 18.0 Å². The summed E-state index contributed by atoms with van der Waals surface area (Å²) < 4.78 is 0. The van der Waals surface area contributed by atoms with Crippen molar-refractivity contribution in [3.8, 4) is 0 Å². The van der Waals surface area contributed by atoms with Gasteiger partial charge in [0, 0.05) is 25.1 Å². The number of benzene rings is 1. The molecule has 7 nitrogen and oxygen atoms in total. The van der Waals surface area contributed by atoms with Crippen LogP contribution in [0, 0.1) is 10.1 Å². The lowest BCUT2D eigenvalue weighted by Crippen LogP contribution is -2.35. The Bertz CT molecular complexity index is 599. The van der Waals surface area contributed by atoms with E-state index < -0.39 is 0 Å². The van der Waals surface area contributed by atoms with Gasteiger partial charge in [0.05, 0.1) is 4.92 Å². The number of H-pyrrole nitrogens is 1. The SMILES string of the molecule is O=[N+]([O-])c1ccccc1N1CCC[C@@H](c2ncn[nH]2)C1. The molecule has 0 unspecified atom stereocenters. The van der Waals surface area contributed by atoms with Gasteiger partial charge in [-0.3, -0.25) is 15.2 Å². The number of para-hydroxylation sites is 2. The fourth-order valence-electron chi connectivity index (χ4n) is 2.72. The topological polar surface area (TPSA) is 87.9 Å². The second kappa shape index (κ2) is 5.28. The monoisotopic (exact) mass is 273 g/mol. The molecule has 0 bridgehead atoms. The lowest BCUT2D eigenvalue weighted by Gasteiger charge is -2.33. The van der Waals surface area contributed by atoms with E-state index in [1.807, 2.05) is 6.07 Å². The Morgan fingerprint density at radius 3 is 3.00 bits per heavy atom. The molecule has 1 aromatic heterocycles. The van der Waals surface area contributed by atoms with Crippen LogP contribution in [-0.2, 0) is 0 Å². The van der Waals surface area contributed by atoms with Crippen molar-refractivity contribution in [2.24, 2.45) is 0 Å². The molecule has 0 spiro atoms. The van der Waals surface area contributed by atoms with Crippen LogP contribution in [0.3, 0.4) is 0 Å². The number of nitrogens with zero attached hydrogens (tertiary/aromatic N) is 4. The number of nitro benzene ring substituents is 1. The number of aromatic amines is 1. The summed E-state index contributed by atoms with van der Waals surface area (Å²) in [5.41, 5.74) is 0.840. The summed E-state index contributed by atoms with van der Waals surface area (Å²) in [5.74, 6) is 1.10. The lowest BCUT2D eigenvalue weighted by molar-refractivity contribution is -0.384. The predicted molar refractivity (Wildman–Crippen MR) is 73.7 cm³/mol. The highest BCUT2D eigenvalue weighted by Crippen LogP contribution is 2.33. The van der Waals surface area contributed by atoms with Gasteiger partial charge in [0.15, 0.2) is 0 Å². The second-order valence-electron chi connectivity index (χ2n) is 4.90. The van der Waals surface area contributed by atoms with Crippen LogP contribution in [0.1, 0.15) is 24.6 Å². The van der Waals surface area contributed by atoms with Crippen LogP contribution < -0.4 is 4.90 Å². The third kappa shape index (κ3) is 2.34. The number of hydrogen-bond acceptors (Lipinski definition) is 5. The maximum absolute atomic E-state index is 11.1. The Hall–Kier alpha value is -2.44. The van der Waals surface area contributed by atoms with E-state index in [0.717, 1.165) is 31.8 Å². The van der Waals surface area contributed by atoms with Gasteiger partial charge in [-0.25, -0.2) is 4.98 Å². The van der Waals surface area contributed by atoms with Crippen LogP contribution in [-0.4, -0.2) is 33.2 Å². The van der Waals surface area contributed by atoms with Crippen molar-refractivity contribution in [1.29, 1.82) is 0 Å². The maximum atomic E-state index is 11.1. The van der Waals surface area contributed by atoms with Crippen LogP contribution in [0.15, 0.2) is 30.6 Å². The minimum atomic E-state index is -0.326. The average Bonchev–Trinajstić information content (AvgIpc) is 3.01. The number of rotatable bonds is 3. The van der Waals surface area contributed by atoms with E-state index in [0.29, 0.717) is 5.69 Å². The number of nitrogens with one attached hydrogen (secondary N) is 1. The highest BCUT2D eigenvalue weighted by Gasteiger charge is 2.27. The maximum Gasteiger partial charge on any atom is 0.292 e. The zero-order valence-electron chi connectivity index (χ0n) is 10.9. The minimum absolute atomic E-state index is 0.158. The molecule has 1 N–H and O–H groups in total. The smallest absolute Gasteiger partial charge is 0.292 e. The minimum Gasteiger partial charge on any atom is -0.365 e. The predicted octanol–water partition coefficient (Wildman–Crippen LogP) is 2.10. The van der Waals surface area contributed by atoms with Crippen molar-refractivity contribution in [3.05, 3.63) is 46.5 Å². The fraction of sp³-hybridized carbons (Fsp3) is 0.385. The summed E-state index contributed by atoms with van der Waals surface area (Å²) in [6.07, 6.45) is 3.50. The van der Waals surface area contributed by atoms with Crippen LogP contribution in [0.4, 0.5) is 11.4 Å². The molecule has 7 heteroatoms. The zero-order valence-corrected chi connectivity index (χ0v) is 10.9. The molecule has 20 heavy (non-hydrogen) atoms. The van der Waals surface area contributed by atoms with Crippen molar-refractivity contribution >= 4 is 11.4 Å². The summed E-state index contributed by atoms with van der Waals surface area (Å²) in [7, 11) is 0. The molecule has 2 aromatic rings. The zero-order chi connectivity index (χ0) is 13.9. The Kier molecular flexibility index (Phi) is 3.32. The Morgan fingerprint density at radius 2 is 2.25 bits per heavy atom. The largest absolute Gasteiger partial charge is 0.365 e. The van der Waals surface area contributed by atoms with E-state index in [2.05, 4.69) is 20.1 Å². The first-order valence-electron chi connectivity index (χ1n) is 6.59. The molecule has 0 radical (unpaired) electrons. The first-order chi connectivity index (χ1) is 9.75. The van der Waals surface area contributed by atoms with Gasteiger partial charge in [-0.1, -0.05) is 12.1 Å². The molecule has 1 atom stereocenters. The molecular weight excluding hydrogens is 258 g/mol. The van der Waals surface area contributed by atoms with E-state index in [-0.39, 0.29) is 16.5 Å². The van der Waals surface area contributed by atoms with Gasteiger partial charge in [0.2, 0.25) is 0 Å². The van der Waals surface area contributed by atoms with Gasteiger partial charge in [-0.05, 0) is 18.9 Å². The van der Waals surface area contributed by atoms with Crippen LogP contribution >= 0.6 is 0 Å². The quantitative estimate of drug-likeness (QED) is 0.683. The average molecular weight is 273 g/mol. The van der Waals surface area contributed by atoms with E-state index in [9.17, 15) is 10.1 Å². The molecule has 2 heterocycles. The number of hydrogen-bond donors (Lipinski definition) is 1. The van der Waals surface area contributed by atoms with Gasteiger partial charge in [0.1, 0.15) is 17.8 Å². The molecular formula is C13H15N5O2. The standard InChI is InChI=1S/C13H15N5O2/c19-18(20)12-6-2-1-5-11(12)17-7-3-4-10(8-17)13-14-9-15-16-13/h1-2,5-6,9-10H,3-4,7-8H2,(H,14,15,16)/t10-/m1/s1. The molecule has 1 fully saturated rings. The third-order valence-corrected chi connectivity index (χ3v) is 3.66. The highest BCUT2D eigenvalue weighted by atomic mass is 16.6. The van der Waals surface area contributed by atoms with Crippen LogP contribution in [0.5, 0.6) is 0 Å². The van der Waals surface area contributed by atoms with Crippen LogP contribution in [0.25, 0.3) is 0 Å². The van der Waals surface area contributed by atoms with Crippen LogP contribution in [0.2, 0.25) is 0 Å². The molecule has 0 saturated carbocycles. The molecule has 0 amide bonds. The number of nitro groups is 1. The summed E-state index contributed by atoms with van der Waals surface area (Å²) in [6, 6.07) is 6.88. The first kappa shape index (κ1) is 12.6. The van der Waals surface area contributed by atoms with Gasteiger partial charge >= 0.3 is 0 Å². The van der Waals surface area contributed by atoms with E-state index in [4.69, 9.17) is 0 Å². The van der Waals surface area contributed by atoms with Crippen molar-refractivity contribution in [1.82, 2.24) is 15.2 Å². The number of piperidine rings is 1. The van der Waals surface area contributed by atoms with Crippen molar-refractivity contribution in [2.45, 2.75) is 18.8 Å². The van der Waals surface area contributed by atoms with E-state index in [1.54, 1.807) is 18.2 Å². The Morgan fingerprint density at radius 1 is 1.40 bits per heavy atom. The number of anilines is 1. The Balaban J connectivity index is 1.86. The van der Waals surface area contributed by atoms with Gasteiger partial charge in [0.25, 0.3) is 5.69 Å². The molecule has 1 aromatic carbocycles. The Labute approximate surface area is 115 Å². The summed E-state index contributed by atoms with van der Waals surface area (Å²) in [6.45, 7) is 1.55. The van der Waals surface area contributed by atoms with Gasteiger partial charge < -0.3 is 4.90 Å². The van der Waals surface area contributed by atoms with Crippen molar-refractivity contribution in [3.63, 3.8) is 0 Å². The molecule has 3 rings (SSSR count). The normalized spacial score (nSPS) is 19.0. The summed E-state index contributed by atoms with van der Waals surface area (Å²) in [4.78, 5) is 17.1. The molecule has 104 valence electrons. The lowest BCUT2D eigenvalue weighted by atomic mass is 9.96. The second-order valence-corrected chi connectivity index (χ2v) is 4.90. The highest BCUT2D eigenvalue weighted by molar-refractivity contribution is 5.63. The molecule has 1 aliphatic rings. The molecule has 0 aliphatic carbocycles. The summed E-state index contributed by atoms with van der Waals surface area (Å²) in [5, 5.41) is 17.9. The first-order valence-corrected chi connectivity index (χ1v) is 6.59. The molecule has 1 aliphatic heterocycles. The third-order valence-electron chi connectivity index (χ3n) is 3.66. The van der Waals surface area contributed by atoms with Gasteiger partial charge in [-0.15, -0.1) is 0 Å². The van der Waals surface area contributed by atoms with Gasteiger partial charge in [-0.2, -0.15) is 5.10 Å².